The molecule has 0 aliphatic rings. The smallest absolute Gasteiger partial charge is 0.228 e. The first-order valence-electron chi connectivity index (χ1n) is 18.7. The van der Waals surface area contributed by atoms with E-state index in [0.29, 0.717) is 33.7 Å². The van der Waals surface area contributed by atoms with Gasteiger partial charge < -0.3 is 4.42 Å². The zero-order valence-corrected chi connectivity index (χ0v) is 28.7. The minimum atomic E-state index is -2.40. The molecule has 0 saturated heterocycles. The van der Waals surface area contributed by atoms with Crippen LogP contribution in [0, 0.1) is 18.2 Å². The largest absolute Gasteiger partial charge is 0.437 e. The molecule has 0 amide bonds. The number of rotatable bonds is 5. The molecular formula is C45H35N5O. The van der Waals surface area contributed by atoms with Crippen molar-refractivity contribution in [3.63, 3.8) is 0 Å². The average molecular weight is 665 g/mol. The number of fused-ring (bicyclic) bond motifs is 7. The molecule has 0 radical (unpaired) electrons. The van der Waals surface area contributed by atoms with Crippen LogP contribution in [0.3, 0.4) is 0 Å². The molecule has 4 heterocycles. The zero-order valence-electron chi connectivity index (χ0n) is 31.7. The number of hydrogen-bond donors (Lipinski definition) is 0. The predicted octanol–water partition coefficient (Wildman–Crippen LogP) is 11.8. The quantitative estimate of drug-likeness (QED) is 0.183. The molecule has 5 aromatic carbocycles. The third kappa shape index (κ3) is 4.88. The average Bonchev–Trinajstić information content (AvgIpc) is 3.75. The molecule has 4 aromatic heterocycles. The molecule has 246 valence electrons. The normalized spacial score (nSPS) is 13.1. The third-order valence-electron chi connectivity index (χ3n) is 9.91. The fourth-order valence-corrected chi connectivity index (χ4v) is 7.41. The zero-order chi connectivity index (χ0) is 37.5. The van der Waals surface area contributed by atoms with Crippen LogP contribution in [0.1, 0.15) is 66.2 Å². The predicted molar refractivity (Wildman–Crippen MR) is 207 cm³/mol. The summed E-state index contributed by atoms with van der Waals surface area (Å²) in [5.74, 6) is 0.824. The van der Waals surface area contributed by atoms with Crippen molar-refractivity contribution < 1.29 is 8.53 Å². The minimum absolute atomic E-state index is 0.0235. The molecule has 9 rings (SSSR count). The Bertz CT molecular complexity index is 2990. The Labute approximate surface area is 299 Å². The number of nitriles is 1. The first-order valence-corrected chi connectivity index (χ1v) is 17.2. The van der Waals surface area contributed by atoms with Gasteiger partial charge in [-0.2, -0.15) is 5.26 Å². The first kappa shape index (κ1) is 27.5. The van der Waals surface area contributed by atoms with Gasteiger partial charge in [0.1, 0.15) is 23.2 Å². The monoisotopic (exact) mass is 664 g/mol. The second-order valence-electron chi connectivity index (χ2n) is 13.8. The molecule has 0 fully saturated rings. The van der Waals surface area contributed by atoms with Crippen molar-refractivity contribution in [2.24, 2.45) is 0 Å². The van der Waals surface area contributed by atoms with Crippen LogP contribution >= 0.6 is 0 Å². The lowest BCUT2D eigenvalue weighted by Gasteiger charge is -2.24. The van der Waals surface area contributed by atoms with Gasteiger partial charge in [-0.15, -0.1) is 0 Å². The highest BCUT2D eigenvalue weighted by Gasteiger charge is 2.27. The number of pyridine rings is 2. The van der Waals surface area contributed by atoms with Crippen LogP contribution in [-0.4, -0.2) is 19.5 Å². The molecule has 0 aliphatic heterocycles. The highest BCUT2D eigenvalue weighted by molar-refractivity contribution is 6.10. The van der Waals surface area contributed by atoms with E-state index in [9.17, 15) is 5.26 Å². The second-order valence-corrected chi connectivity index (χ2v) is 13.8. The molecule has 6 nitrogen and oxygen atoms in total. The van der Waals surface area contributed by atoms with E-state index in [-0.39, 0.29) is 23.2 Å². The van der Waals surface area contributed by atoms with Crippen molar-refractivity contribution in [1.29, 1.82) is 5.26 Å². The van der Waals surface area contributed by atoms with Crippen molar-refractivity contribution in [1.82, 2.24) is 19.5 Å². The highest BCUT2D eigenvalue weighted by atomic mass is 16.3. The van der Waals surface area contributed by atoms with Gasteiger partial charge in [-0.1, -0.05) is 88.4 Å². The van der Waals surface area contributed by atoms with Crippen LogP contribution in [0.4, 0.5) is 0 Å². The fraction of sp³-hybridized carbons (Fsp3) is 0.156. The molecule has 0 atom stereocenters. The summed E-state index contributed by atoms with van der Waals surface area (Å²) in [6, 6.07) is 38.5. The summed E-state index contributed by atoms with van der Waals surface area (Å²) in [4.78, 5) is 14.6. The van der Waals surface area contributed by atoms with Gasteiger partial charge in [0.05, 0.1) is 27.8 Å². The SMILES string of the molecule is [2H]C([2H])([2H])c1ccc2ccc3nc(-c4cccc5c4oc4nc(C#N)ccc45)n(-c4c(C(C)C)cc(-c5ccc6ccccc6c5)cc4C(C)C)c3c2n1. The maximum Gasteiger partial charge on any atom is 0.228 e. The van der Waals surface area contributed by atoms with Crippen molar-refractivity contribution in [3.05, 3.63) is 132 Å². The van der Waals surface area contributed by atoms with Gasteiger partial charge in [-0.05, 0) is 100 Å². The molecule has 0 N–H and O–H groups in total. The molecule has 0 spiro atoms. The number of imidazole rings is 1. The Balaban J connectivity index is 1.42. The van der Waals surface area contributed by atoms with E-state index in [1.165, 1.54) is 10.8 Å². The summed E-state index contributed by atoms with van der Waals surface area (Å²) < 4.78 is 33.4. The fourth-order valence-electron chi connectivity index (χ4n) is 7.41. The van der Waals surface area contributed by atoms with E-state index >= 15 is 0 Å². The summed E-state index contributed by atoms with van der Waals surface area (Å²) in [5, 5.41) is 14.4. The van der Waals surface area contributed by atoms with Crippen LogP contribution in [0.5, 0.6) is 0 Å². The minimum Gasteiger partial charge on any atom is -0.437 e. The van der Waals surface area contributed by atoms with Crippen molar-refractivity contribution in [2.75, 3.05) is 0 Å². The molecule has 0 unspecified atom stereocenters. The Morgan fingerprint density at radius 3 is 2.24 bits per heavy atom. The topological polar surface area (TPSA) is 80.5 Å². The molecule has 0 aliphatic carbocycles. The molecular weight excluding hydrogens is 627 g/mol. The van der Waals surface area contributed by atoms with Gasteiger partial charge in [-0.25, -0.2) is 9.97 Å². The number of hydrogen-bond acceptors (Lipinski definition) is 5. The number of para-hydroxylation sites is 1. The van der Waals surface area contributed by atoms with Gasteiger partial charge in [0, 0.05) is 26.0 Å². The van der Waals surface area contributed by atoms with Gasteiger partial charge in [-0.3, -0.25) is 9.55 Å². The maximum atomic E-state index is 9.58. The Hall–Kier alpha value is -6.32. The van der Waals surface area contributed by atoms with E-state index in [2.05, 4.69) is 97.9 Å². The van der Waals surface area contributed by atoms with Gasteiger partial charge in [0.25, 0.3) is 0 Å². The summed E-state index contributed by atoms with van der Waals surface area (Å²) in [6.07, 6.45) is 0. The van der Waals surface area contributed by atoms with E-state index < -0.39 is 6.85 Å². The summed E-state index contributed by atoms with van der Waals surface area (Å²) in [5.41, 5.74) is 9.41. The van der Waals surface area contributed by atoms with E-state index in [4.69, 9.17) is 18.5 Å². The van der Waals surface area contributed by atoms with E-state index in [1.54, 1.807) is 12.1 Å². The van der Waals surface area contributed by atoms with E-state index in [0.717, 1.165) is 49.7 Å². The number of aryl methyl sites for hydroxylation is 1. The Kier molecular flexibility index (Phi) is 6.28. The van der Waals surface area contributed by atoms with Gasteiger partial charge in [0.2, 0.25) is 5.71 Å². The lowest BCUT2D eigenvalue weighted by molar-refractivity contribution is 0.654. The number of benzene rings is 5. The maximum absolute atomic E-state index is 9.58. The molecule has 0 bridgehead atoms. The molecule has 6 heteroatoms. The van der Waals surface area contributed by atoms with Gasteiger partial charge >= 0.3 is 0 Å². The summed E-state index contributed by atoms with van der Waals surface area (Å²) in [7, 11) is 0. The summed E-state index contributed by atoms with van der Waals surface area (Å²) >= 11 is 0. The first-order chi connectivity index (χ1) is 26.0. The van der Waals surface area contributed by atoms with Gasteiger partial charge in [0.15, 0.2) is 0 Å². The molecule has 9 aromatic rings. The third-order valence-corrected chi connectivity index (χ3v) is 9.91. The second kappa shape index (κ2) is 11.6. The highest BCUT2D eigenvalue weighted by Crippen LogP contribution is 2.43. The molecule has 0 saturated carbocycles. The lowest BCUT2D eigenvalue weighted by atomic mass is 9.87. The van der Waals surface area contributed by atoms with Crippen molar-refractivity contribution >= 4 is 54.8 Å². The number of aromatic nitrogens is 4. The standard InChI is InChI=1S/C45H35N5O/c1-25(2)37-22-32(31-16-15-28-9-6-7-10-30(28)21-31)23-38(26(3)4)41(37)50-42-39(20-17-29-14-13-27(5)47-40(29)42)49-44(50)36-12-8-11-34-35-19-18-33(24-46)48-45(35)51-43(34)36/h6-23,25-26H,1-5H3/i5D3. The lowest BCUT2D eigenvalue weighted by Crippen LogP contribution is -2.10. The van der Waals surface area contributed by atoms with Crippen LogP contribution in [0.2, 0.25) is 0 Å². The number of nitrogens with zero attached hydrogens (tertiary/aromatic N) is 5. The molecule has 51 heavy (non-hydrogen) atoms. The van der Waals surface area contributed by atoms with Crippen LogP contribution in [0.25, 0.3) is 83.0 Å². The van der Waals surface area contributed by atoms with Crippen molar-refractivity contribution in [2.45, 2.75) is 46.4 Å². The van der Waals surface area contributed by atoms with Crippen LogP contribution in [0.15, 0.2) is 114 Å². The van der Waals surface area contributed by atoms with E-state index in [1.807, 2.05) is 42.5 Å². The van der Waals surface area contributed by atoms with Crippen LogP contribution < -0.4 is 0 Å². The number of furan rings is 1. The Morgan fingerprint density at radius 2 is 1.47 bits per heavy atom. The van der Waals surface area contributed by atoms with Crippen LogP contribution in [-0.2, 0) is 0 Å². The summed E-state index contributed by atoms with van der Waals surface area (Å²) in [6.45, 7) is 6.41. The van der Waals surface area contributed by atoms with Crippen molar-refractivity contribution in [3.8, 4) is 34.3 Å². The Morgan fingerprint density at radius 1 is 0.706 bits per heavy atom.